The lowest BCUT2D eigenvalue weighted by Gasteiger charge is -2.35. The first kappa shape index (κ1) is 16.3. The molecule has 3 heterocycles. The van der Waals surface area contributed by atoms with Gasteiger partial charge in [0.15, 0.2) is 0 Å². The standard InChI is InChI=1S/C23H24N4/c1-2-6-21-19(5-1)15-22(25-21)23-7-3-4-13-26(23)16-18-8-10-20(11-9-18)27-14-12-24-17-27/h1-2,5-6,8-12,14-15,17,23,25H,3-4,7,13,16H2. The molecule has 0 saturated carbocycles. The maximum atomic E-state index is 4.13. The molecule has 136 valence electrons. The van der Waals surface area contributed by atoms with E-state index in [0.29, 0.717) is 6.04 Å². The number of hydrogen-bond acceptors (Lipinski definition) is 2. The lowest BCUT2D eigenvalue weighted by atomic mass is 9.98. The number of piperidine rings is 1. The van der Waals surface area contributed by atoms with Gasteiger partial charge in [0.25, 0.3) is 0 Å². The fourth-order valence-electron chi connectivity index (χ4n) is 4.23. The van der Waals surface area contributed by atoms with E-state index in [4.69, 9.17) is 0 Å². The van der Waals surface area contributed by atoms with Crippen LogP contribution in [0.3, 0.4) is 0 Å². The van der Waals surface area contributed by atoms with Gasteiger partial charge in [0.1, 0.15) is 0 Å². The Balaban J connectivity index is 1.37. The Bertz CT molecular complexity index is 981. The quantitative estimate of drug-likeness (QED) is 0.553. The third-order valence-electron chi connectivity index (χ3n) is 5.65. The Morgan fingerprint density at radius 3 is 2.74 bits per heavy atom. The third-order valence-corrected chi connectivity index (χ3v) is 5.65. The summed E-state index contributed by atoms with van der Waals surface area (Å²) in [5.41, 5.74) is 5.11. The first-order valence-corrected chi connectivity index (χ1v) is 9.76. The van der Waals surface area contributed by atoms with E-state index >= 15 is 0 Å². The van der Waals surface area contributed by atoms with Crippen LogP contribution < -0.4 is 0 Å². The fourth-order valence-corrected chi connectivity index (χ4v) is 4.23. The molecule has 0 bridgehead atoms. The fraction of sp³-hybridized carbons (Fsp3) is 0.261. The molecule has 1 saturated heterocycles. The number of nitrogens with zero attached hydrogens (tertiary/aromatic N) is 3. The average molecular weight is 356 g/mol. The van der Waals surface area contributed by atoms with Gasteiger partial charge in [0.05, 0.1) is 12.4 Å². The number of benzene rings is 2. The molecule has 1 atom stereocenters. The number of likely N-dealkylation sites (tertiary alicyclic amines) is 1. The minimum absolute atomic E-state index is 0.472. The summed E-state index contributed by atoms with van der Waals surface area (Å²) in [6.45, 7) is 2.15. The zero-order valence-corrected chi connectivity index (χ0v) is 15.4. The summed E-state index contributed by atoms with van der Waals surface area (Å²) in [5.74, 6) is 0. The van der Waals surface area contributed by atoms with Crippen LogP contribution in [-0.4, -0.2) is 26.0 Å². The van der Waals surface area contributed by atoms with Crippen LogP contribution in [-0.2, 0) is 6.54 Å². The first-order chi connectivity index (χ1) is 13.4. The molecule has 1 N–H and O–H groups in total. The second-order valence-corrected chi connectivity index (χ2v) is 7.43. The van der Waals surface area contributed by atoms with Gasteiger partial charge in [-0.15, -0.1) is 0 Å². The summed E-state index contributed by atoms with van der Waals surface area (Å²) in [6.07, 6.45) is 9.43. The van der Waals surface area contributed by atoms with Gasteiger partial charge in [0.2, 0.25) is 0 Å². The number of para-hydroxylation sites is 1. The summed E-state index contributed by atoms with van der Waals surface area (Å²) in [5, 5.41) is 1.31. The van der Waals surface area contributed by atoms with Gasteiger partial charge in [-0.1, -0.05) is 36.8 Å². The van der Waals surface area contributed by atoms with Crippen LogP contribution in [0, 0.1) is 0 Å². The topological polar surface area (TPSA) is 36.9 Å². The van der Waals surface area contributed by atoms with Crippen molar-refractivity contribution >= 4 is 10.9 Å². The lowest BCUT2D eigenvalue weighted by molar-refractivity contribution is 0.138. The van der Waals surface area contributed by atoms with Gasteiger partial charge in [-0.3, -0.25) is 4.90 Å². The molecule has 2 aromatic carbocycles. The largest absolute Gasteiger partial charge is 0.357 e. The van der Waals surface area contributed by atoms with Crippen LogP contribution in [0.2, 0.25) is 0 Å². The smallest absolute Gasteiger partial charge is 0.0991 e. The maximum Gasteiger partial charge on any atom is 0.0991 e. The highest BCUT2D eigenvalue weighted by atomic mass is 15.2. The molecule has 1 aliphatic rings. The van der Waals surface area contributed by atoms with Crippen molar-refractivity contribution in [1.29, 1.82) is 0 Å². The molecule has 1 unspecified atom stereocenters. The minimum atomic E-state index is 0.472. The Morgan fingerprint density at radius 2 is 1.93 bits per heavy atom. The highest BCUT2D eigenvalue weighted by molar-refractivity contribution is 5.80. The van der Waals surface area contributed by atoms with Crippen LogP contribution in [0.25, 0.3) is 16.6 Å². The van der Waals surface area contributed by atoms with Gasteiger partial charge >= 0.3 is 0 Å². The van der Waals surface area contributed by atoms with Crippen LogP contribution in [0.4, 0.5) is 0 Å². The van der Waals surface area contributed by atoms with Crippen molar-refractivity contribution in [3.8, 4) is 5.69 Å². The summed E-state index contributed by atoms with van der Waals surface area (Å²) in [7, 11) is 0. The Kier molecular flexibility index (Phi) is 4.26. The second-order valence-electron chi connectivity index (χ2n) is 7.43. The highest BCUT2D eigenvalue weighted by Crippen LogP contribution is 2.33. The first-order valence-electron chi connectivity index (χ1n) is 9.76. The van der Waals surface area contributed by atoms with Crippen molar-refractivity contribution in [3.05, 3.63) is 84.6 Å². The molecule has 4 aromatic rings. The number of aromatic nitrogens is 3. The number of imidazole rings is 1. The third kappa shape index (κ3) is 3.28. The van der Waals surface area contributed by atoms with E-state index in [1.165, 1.54) is 41.4 Å². The van der Waals surface area contributed by atoms with E-state index < -0.39 is 0 Å². The summed E-state index contributed by atoms with van der Waals surface area (Å²) in [6, 6.07) is 20.2. The van der Waals surface area contributed by atoms with Crippen molar-refractivity contribution in [1.82, 2.24) is 19.4 Å². The lowest BCUT2D eigenvalue weighted by Crippen LogP contribution is -2.33. The van der Waals surface area contributed by atoms with Crippen LogP contribution in [0.15, 0.2) is 73.3 Å². The van der Waals surface area contributed by atoms with Crippen molar-refractivity contribution in [2.24, 2.45) is 0 Å². The Hall–Kier alpha value is -2.85. The zero-order valence-electron chi connectivity index (χ0n) is 15.4. The van der Waals surface area contributed by atoms with Gasteiger partial charge < -0.3 is 9.55 Å². The molecule has 2 aromatic heterocycles. The van der Waals surface area contributed by atoms with E-state index in [9.17, 15) is 0 Å². The number of H-pyrrole nitrogens is 1. The highest BCUT2D eigenvalue weighted by Gasteiger charge is 2.25. The molecule has 27 heavy (non-hydrogen) atoms. The van der Waals surface area contributed by atoms with Crippen LogP contribution in [0.1, 0.15) is 36.6 Å². The molecule has 1 fully saturated rings. The minimum Gasteiger partial charge on any atom is -0.357 e. The van der Waals surface area contributed by atoms with Gasteiger partial charge in [-0.2, -0.15) is 0 Å². The molecule has 0 aliphatic carbocycles. The number of rotatable bonds is 4. The SMILES string of the molecule is c1ccc2[nH]c(C3CCCCN3Cc3ccc(-n4ccnc4)cc3)cc2c1. The predicted molar refractivity (Wildman–Crippen MR) is 109 cm³/mol. The summed E-state index contributed by atoms with van der Waals surface area (Å²) in [4.78, 5) is 10.4. The van der Waals surface area contributed by atoms with Crippen molar-refractivity contribution in [2.75, 3.05) is 6.54 Å². The summed E-state index contributed by atoms with van der Waals surface area (Å²) >= 11 is 0. The molecular formula is C23H24N4. The molecule has 4 heteroatoms. The van der Waals surface area contributed by atoms with E-state index in [2.05, 4.69) is 69.5 Å². The molecule has 0 spiro atoms. The number of fused-ring (bicyclic) bond motifs is 1. The van der Waals surface area contributed by atoms with Gasteiger partial charge in [0, 0.05) is 35.8 Å². The molecule has 4 nitrogen and oxygen atoms in total. The Labute approximate surface area is 159 Å². The molecule has 0 radical (unpaired) electrons. The average Bonchev–Trinajstić information content (AvgIpc) is 3.39. The molecule has 0 amide bonds. The zero-order chi connectivity index (χ0) is 18.1. The molecule has 1 aliphatic heterocycles. The van der Waals surface area contributed by atoms with Crippen molar-refractivity contribution < 1.29 is 0 Å². The van der Waals surface area contributed by atoms with Crippen LogP contribution >= 0.6 is 0 Å². The van der Waals surface area contributed by atoms with E-state index in [-0.39, 0.29) is 0 Å². The summed E-state index contributed by atoms with van der Waals surface area (Å²) < 4.78 is 2.04. The number of aromatic amines is 1. The van der Waals surface area contributed by atoms with Gasteiger partial charge in [-0.05, 0) is 54.6 Å². The number of hydrogen-bond donors (Lipinski definition) is 1. The van der Waals surface area contributed by atoms with E-state index in [0.717, 1.165) is 18.8 Å². The maximum absolute atomic E-state index is 4.13. The molecular weight excluding hydrogens is 332 g/mol. The van der Waals surface area contributed by atoms with Crippen molar-refractivity contribution in [2.45, 2.75) is 31.8 Å². The predicted octanol–water partition coefficient (Wildman–Crippen LogP) is 5.08. The van der Waals surface area contributed by atoms with E-state index in [1.54, 1.807) is 0 Å². The van der Waals surface area contributed by atoms with E-state index in [1.807, 2.05) is 23.3 Å². The normalized spacial score (nSPS) is 18.1. The van der Waals surface area contributed by atoms with Gasteiger partial charge in [-0.25, -0.2) is 4.98 Å². The van der Waals surface area contributed by atoms with Crippen molar-refractivity contribution in [3.63, 3.8) is 0 Å². The monoisotopic (exact) mass is 356 g/mol. The Morgan fingerprint density at radius 1 is 1.04 bits per heavy atom. The number of nitrogens with one attached hydrogen (secondary N) is 1. The van der Waals surface area contributed by atoms with Crippen LogP contribution in [0.5, 0.6) is 0 Å². The molecule has 5 rings (SSSR count). The second kappa shape index (κ2) is 7.05.